The Morgan fingerprint density at radius 3 is 2.19 bits per heavy atom. The lowest BCUT2D eigenvalue weighted by molar-refractivity contribution is -0.0361. The SMILES string of the molecule is COCCN(C(C)COC)C1(CN)CCN(C(C)C)CC1. The molecule has 0 aromatic carbocycles. The van der Waals surface area contributed by atoms with Crippen molar-refractivity contribution in [3.8, 4) is 0 Å². The summed E-state index contributed by atoms with van der Waals surface area (Å²) in [7, 11) is 3.52. The molecule has 1 unspecified atom stereocenters. The van der Waals surface area contributed by atoms with E-state index in [4.69, 9.17) is 15.2 Å². The number of nitrogens with zero attached hydrogens (tertiary/aromatic N) is 2. The van der Waals surface area contributed by atoms with Crippen molar-refractivity contribution in [2.45, 2.75) is 51.2 Å². The van der Waals surface area contributed by atoms with Gasteiger partial charge in [-0.3, -0.25) is 4.90 Å². The van der Waals surface area contributed by atoms with Gasteiger partial charge in [0.05, 0.1) is 13.2 Å². The number of methoxy groups -OCH3 is 2. The number of rotatable bonds is 9. The molecule has 0 aromatic rings. The molecule has 2 N–H and O–H groups in total. The highest BCUT2D eigenvalue weighted by Crippen LogP contribution is 2.30. The average Bonchev–Trinajstić information content (AvgIpc) is 2.48. The van der Waals surface area contributed by atoms with Crippen molar-refractivity contribution in [3.63, 3.8) is 0 Å². The number of nitrogens with two attached hydrogens (primary N) is 1. The standard InChI is InChI=1S/C16H35N3O2/c1-14(2)18-8-6-16(13-17,7-9-18)19(10-11-20-4)15(3)12-21-5/h14-15H,6-13,17H2,1-5H3. The molecule has 1 aliphatic rings. The third-order valence-electron chi connectivity index (χ3n) is 4.92. The largest absolute Gasteiger partial charge is 0.383 e. The van der Waals surface area contributed by atoms with E-state index in [-0.39, 0.29) is 5.54 Å². The maximum Gasteiger partial charge on any atom is 0.0615 e. The molecule has 126 valence electrons. The summed E-state index contributed by atoms with van der Waals surface area (Å²) in [4.78, 5) is 5.07. The van der Waals surface area contributed by atoms with Gasteiger partial charge >= 0.3 is 0 Å². The van der Waals surface area contributed by atoms with E-state index in [0.29, 0.717) is 18.6 Å². The van der Waals surface area contributed by atoms with Gasteiger partial charge in [0.15, 0.2) is 0 Å². The molecule has 0 saturated carbocycles. The number of hydrogen-bond donors (Lipinski definition) is 1. The molecular weight excluding hydrogens is 266 g/mol. The molecule has 1 saturated heterocycles. The Morgan fingerprint density at radius 1 is 1.14 bits per heavy atom. The molecule has 21 heavy (non-hydrogen) atoms. The maximum absolute atomic E-state index is 6.22. The molecular formula is C16H35N3O2. The van der Waals surface area contributed by atoms with E-state index < -0.39 is 0 Å². The lowest BCUT2D eigenvalue weighted by Crippen LogP contribution is -2.63. The average molecular weight is 301 g/mol. The van der Waals surface area contributed by atoms with Crippen LogP contribution < -0.4 is 5.73 Å². The molecule has 0 aromatic heterocycles. The minimum Gasteiger partial charge on any atom is -0.383 e. The van der Waals surface area contributed by atoms with Crippen LogP contribution in [-0.4, -0.2) is 81.0 Å². The fourth-order valence-electron chi connectivity index (χ4n) is 3.51. The van der Waals surface area contributed by atoms with Gasteiger partial charge in [-0.15, -0.1) is 0 Å². The maximum atomic E-state index is 6.22. The second kappa shape index (κ2) is 9.06. The van der Waals surface area contributed by atoms with Crippen LogP contribution in [0.2, 0.25) is 0 Å². The van der Waals surface area contributed by atoms with Gasteiger partial charge < -0.3 is 20.1 Å². The first kappa shape index (κ1) is 18.8. The second-order valence-corrected chi connectivity index (χ2v) is 6.55. The van der Waals surface area contributed by atoms with Crippen LogP contribution in [0.5, 0.6) is 0 Å². The predicted molar refractivity (Wildman–Crippen MR) is 87.6 cm³/mol. The summed E-state index contributed by atoms with van der Waals surface area (Å²) in [5.41, 5.74) is 6.31. The van der Waals surface area contributed by atoms with E-state index in [0.717, 1.165) is 45.7 Å². The van der Waals surface area contributed by atoms with Crippen molar-refractivity contribution >= 4 is 0 Å². The molecule has 0 aliphatic carbocycles. The van der Waals surface area contributed by atoms with Crippen LogP contribution in [0.1, 0.15) is 33.6 Å². The van der Waals surface area contributed by atoms with E-state index in [1.807, 2.05) is 0 Å². The van der Waals surface area contributed by atoms with Crippen LogP contribution in [0.3, 0.4) is 0 Å². The van der Waals surface area contributed by atoms with Gasteiger partial charge in [-0.2, -0.15) is 0 Å². The van der Waals surface area contributed by atoms with Crippen LogP contribution in [-0.2, 0) is 9.47 Å². The summed E-state index contributed by atoms with van der Waals surface area (Å²) in [5, 5.41) is 0. The topological polar surface area (TPSA) is 51.0 Å². The van der Waals surface area contributed by atoms with Crippen LogP contribution in [0.25, 0.3) is 0 Å². The minimum atomic E-state index is 0.0852. The van der Waals surface area contributed by atoms with E-state index in [1.54, 1.807) is 14.2 Å². The van der Waals surface area contributed by atoms with Crippen molar-refractivity contribution < 1.29 is 9.47 Å². The Labute approximate surface area is 130 Å². The highest BCUT2D eigenvalue weighted by Gasteiger charge is 2.40. The Hall–Kier alpha value is -0.200. The summed E-state index contributed by atoms with van der Waals surface area (Å²) in [6.45, 7) is 12.1. The quantitative estimate of drug-likeness (QED) is 0.693. The molecule has 1 fully saturated rings. The van der Waals surface area contributed by atoms with Gasteiger partial charge in [-0.25, -0.2) is 0 Å². The van der Waals surface area contributed by atoms with Crippen molar-refractivity contribution in [1.82, 2.24) is 9.80 Å². The highest BCUT2D eigenvalue weighted by atomic mass is 16.5. The first-order valence-corrected chi connectivity index (χ1v) is 8.19. The van der Waals surface area contributed by atoms with Crippen LogP contribution in [0.15, 0.2) is 0 Å². The zero-order valence-corrected chi connectivity index (χ0v) is 14.6. The third kappa shape index (κ3) is 4.89. The van der Waals surface area contributed by atoms with E-state index in [9.17, 15) is 0 Å². The molecule has 1 aliphatic heterocycles. The normalized spacial score (nSPS) is 21.1. The van der Waals surface area contributed by atoms with Gasteiger partial charge in [0, 0.05) is 58.0 Å². The molecule has 1 rings (SSSR count). The lowest BCUT2D eigenvalue weighted by Gasteiger charge is -2.51. The zero-order valence-electron chi connectivity index (χ0n) is 14.6. The van der Waals surface area contributed by atoms with E-state index >= 15 is 0 Å². The molecule has 0 radical (unpaired) electrons. The number of likely N-dealkylation sites (tertiary alicyclic amines) is 1. The van der Waals surface area contributed by atoms with E-state index in [1.165, 1.54) is 0 Å². The van der Waals surface area contributed by atoms with Crippen LogP contribution in [0.4, 0.5) is 0 Å². The highest BCUT2D eigenvalue weighted by molar-refractivity contribution is 4.98. The molecule has 1 heterocycles. The Bertz CT molecular complexity index is 279. The summed E-state index contributed by atoms with van der Waals surface area (Å²) in [6, 6.07) is 0.976. The van der Waals surface area contributed by atoms with Gasteiger partial charge in [0.2, 0.25) is 0 Å². The molecule has 0 amide bonds. The molecule has 5 nitrogen and oxygen atoms in total. The Morgan fingerprint density at radius 2 is 1.76 bits per heavy atom. The van der Waals surface area contributed by atoms with Crippen molar-refractivity contribution in [2.24, 2.45) is 5.73 Å². The summed E-state index contributed by atoms with van der Waals surface area (Å²) in [5.74, 6) is 0. The fraction of sp³-hybridized carbons (Fsp3) is 1.00. The first-order chi connectivity index (χ1) is 10.0. The van der Waals surface area contributed by atoms with E-state index in [2.05, 4.69) is 30.6 Å². The van der Waals surface area contributed by atoms with Crippen molar-refractivity contribution in [2.75, 3.05) is 53.6 Å². The second-order valence-electron chi connectivity index (χ2n) is 6.55. The predicted octanol–water partition coefficient (Wildman–Crippen LogP) is 1.17. The smallest absolute Gasteiger partial charge is 0.0615 e. The summed E-state index contributed by atoms with van der Waals surface area (Å²) < 4.78 is 10.7. The molecule has 0 spiro atoms. The molecule has 5 heteroatoms. The first-order valence-electron chi connectivity index (χ1n) is 8.19. The van der Waals surface area contributed by atoms with Gasteiger partial charge in [-0.1, -0.05) is 0 Å². The fourth-order valence-corrected chi connectivity index (χ4v) is 3.51. The third-order valence-corrected chi connectivity index (χ3v) is 4.92. The number of piperidine rings is 1. The minimum absolute atomic E-state index is 0.0852. The number of ether oxygens (including phenoxy) is 2. The van der Waals surface area contributed by atoms with Crippen molar-refractivity contribution in [1.29, 1.82) is 0 Å². The lowest BCUT2D eigenvalue weighted by atomic mass is 9.84. The summed E-state index contributed by atoms with van der Waals surface area (Å²) in [6.07, 6.45) is 2.25. The molecule has 1 atom stereocenters. The zero-order chi connectivity index (χ0) is 15.9. The van der Waals surface area contributed by atoms with Crippen LogP contribution >= 0.6 is 0 Å². The van der Waals surface area contributed by atoms with Gasteiger partial charge in [0.25, 0.3) is 0 Å². The number of hydrogen-bond acceptors (Lipinski definition) is 5. The summed E-state index contributed by atoms with van der Waals surface area (Å²) >= 11 is 0. The molecule has 0 bridgehead atoms. The van der Waals surface area contributed by atoms with Crippen LogP contribution in [0, 0.1) is 0 Å². The van der Waals surface area contributed by atoms with Crippen molar-refractivity contribution in [3.05, 3.63) is 0 Å². The Kier molecular flexibility index (Phi) is 8.13. The van der Waals surface area contributed by atoms with Gasteiger partial charge in [0.1, 0.15) is 0 Å². The Balaban J connectivity index is 2.80. The van der Waals surface area contributed by atoms with Gasteiger partial charge in [-0.05, 0) is 33.6 Å². The monoisotopic (exact) mass is 301 g/mol.